The Labute approximate surface area is 201 Å². The number of pyridine rings is 1. The molecule has 4 heterocycles. The molecular weight excluding hydrogens is 472 g/mol. The van der Waals surface area contributed by atoms with E-state index in [-0.39, 0.29) is 4.90 Å². The predicted molar refractivity (Wildman–Crippen MR) is 129 cm³/mol. The number of aryl methyl sites for hydroxylation is 1. The molecule has 1 aromatic carbocycles. The average molecular weight is 497 g/mol. The Bertz CT molecular complexity index is 1390. The molecule has 176 valence electrons. The number of aromatic nitrogens is 2. The van der Waals surface area contributed by atoms with E-state index >= 15 is 0 Å². The zero-order chi connectivity index (χ0) is 23.4. The van der Waals surface area contributed by atoms with Gasteiger partial charge in [-0.1, -0.05) is 6.07 Å². The monoisotopic (exact) mass is 496 g/mol. The zero-order valence-corrected chi connectivity index (χ0v) is 20.0. The number of furan rings is 1. The fourth-order valence-corrected chi connectivity index (χ4v) is 6.11. The standard InChI is InChI=1S/C24H24N4O4S2/c29-34(30,27-13-16-31-17-14-27)21-8-6-20(7-9-21)26-24-28(12-10-19-4-1-2-11-25-19)22(18-33-24)23-5-3-15-32-23/h1-9,11,15,18H,10,12-14,16-17H2. The van der Waals surface area contributed by atoms with Gasteiger partial charge >= 0.3 is 0 Å². The lowest BCUT2D eigenvalue weighted by Gasteiger charge is -2.26. The largest absolute Gasteiger partial charge is 0.463 e. The van der Waals surface area contributed by atoms with E-state index in [1.54, 1.807) is 36.7 Å². The SMILES string of the molecule is O=S(=O)(c1ccc(N=c2scc(-c3ccco3)n2CCc2ccccn2)cc1)N1CCOCC1. The van der Waals surface area contributed by atoms with Gasteiger partial charge in [-0.15, -0.1) is 11.3 Å². The Morgan fingerprint density at radius 1 is 1.03 bits per heavy atom. The number of benzene rings is 1. The first-order valence-corrected chi connectivity index (χ1v) is 13.3. The summed E-state index contributed by atoms with van der Waals surface area (Å²) in [6.45, 7) is 2.26. The van der Waals surface area contributed by atoms with Crippen molar-refractivity contribution >= 4 is 27.0 Å². The number of rotatable bonds is 7. The van der Waals surface area contributed by atoms with Gasteiger partial charge in [0.15, 0.2) is 10.6 Å². The van der Waals surface area contributed by atoms with E-state index in [1.807, 2.05) is 35.7 Å². The molecule has 0 aliphatic carbocycles. The first kappa shape index (κ1) is 22.7. The average Bonchev–Trinajstić information content (AvgIpc) is 3.54. The van der Waals surface area contributed by atoms with Crippen LogP contribution in [0.4, 0.5) is 5.69 Å². The van der Waals surface area contributed by atoms with Crippen LogP contribution in [0.2, 0.25) is 0 Å². The lowest BCUT2D eigenvalue weighted by molar-refractivity contribution is 0.0730. The number of hydrogen-bond donors (Lipinski definition) is 0. The summed E-state index contributed by atoms with van der Waals surface area (Å²) >= 11 is 1.51. The highest BCUT2D eigenvalue weighted by Crippen LogP contribution is 2.23. The molecule has 0 unspecified atom stereocenters. The molecule has 0 saturated carbocycles. The van der Waals surface area contributed by atoms with Gasteiger partial charge in [0.2, 0.25) is 10.0 Å². The van der Waals surface area contributed by atoms with Crippen LogP contribution < -0.4 is 4.80 Å². The van der Waals surface area contributed by atoms with Gasteiger partial charge in [0.05, 0.1) is 35.8 Å². The lowest BCUT2D eigenvalue weighted by atomic mass is 10.2. The lowest BCUT2D eigenvalue weighted by Crippen LogP contribution is -2.40. The molecule has 1 fully saturated rings. The third kappa shape index (κ3) is 4.90. The van der Waals surface area contributed by atoms with Gasteiger partial charge in [0.25, 0.3) is 0 Å². The van der Waals surface area contributed by atoms with Crippen LogP contribution in [0.25, 0.3) is 11.5 Å². The van der Waals surface area contributed by atoms with Gasteiger partial charge in [0.1, 0.15) is 0 Å². The summed E-state index contributed by atoms with van der Waals surface area (Å²) in [5.74, 6) is 0.769. The van der Waals surface area contributed by atoms with Crippen LogP contribution in [0.3, 0.4) is 0 Å². The first-order chi connectivity index (χ1) is 16.6. The van der Waals surface area contributed by atoms with Crippen LogP contribution in [0.1, 0.15) is 5.69 Å². The van der Waals surface area contributed by atoms with Crippen LogP contribution in [-0.2, 0) is 27.7 Å². The summed E-state index contributed by atoms with van der Waals surface area (Å²) in [7, 11) is -3.53. The predicted octanol–water partition coefficient (Wildman–Crippen LogP) is 3.70. The maximum Gasteiger partial charge on any atom is 0.243 e. The summed E-state index contributed by atoms with van der Waals surface area (Å²) in [6, 6.07) is 16.4. The van der Waals surface area contributed by atoms with Gasteiger partial charge in [-0.2, -0.15) is 4.31 Å². The second kappa shape index (κ2) is 10.1. The molecular formula is C24H24N4O4S2. The van der Waals surface area contributed by atoms with Gasteiger partial charge in [-0.3, -0.25) is 4.98 Å². The van der Waals surface area contributed by atoms with E-state index in [2.05, 4.69) is 9.55 Å². The molecule has 3 aromatic heterocycles. The van der Waals surface area contributed by atoms with Crippen LogP contribution in [-0.4, -0.2) is 48.6 Å². The molecule has 10 heteroatoms. The van der Waals surface area contributed by atoms with Crippen LogP contribution in [0.5, 0.6) is 0 Å². The van der Waals surface area contributed by atoms with E-state index in [4.69, 9.17) is 14.1 Å². The summed E-state index contributed by atoms with van der Waals surface area (Å²) in [5.41, 5.74) is 2.62. The minimum atomic E-state index is -3.53. The highest BCUT2D eigenvalue weighted by molar-refractivity contribution is 7.89. The summed E-state index contributed by atoms with van der Waals surface area (Å²) in [6.07, 6.45) is 4.19. The molecule has 0 radical (unpaired) electrons. The van der Waals surface area contributed by atoms with Crippen molar-refractivity contribution in [1.29, 1.82) is 0 Å². The highest BCUT2D eigenvalue weighted by atomic mass is 32.2. The maximum atomic E-state index is 12.9. The number of sulfonamides is 1. The fourth-order valence-electron chi connectivity index (χ4n) is 3.77. The summed E-state index contributed by atoms with van der Waals surface area (Å²) in [4.78, 5) is 10.3. The molecule has 1 aliphatic rings. The molecule has 0 amide bonds. The van der Waals surface area contributed by atoms with Crippen molar-refractivity contribution < 1.29 is 17.6 Å². The summed E-state index contributed by atoms with van der Waals surface area (Å²) in [5, 5.41) is 2.02. The third-order valence-electron chi connectivity index (χ3n) is 5.56. The van der Waals surface area contributed by atoms with Crippen LogP contribution >= 0.6 is 11.3 Å². The number of morpholine rings is 1. The molecule has 1 saturated heterocycles. The van der Waals surface area contributed by atoms with E-state index in [0.29, 0.717) is 38.5 Å². The minimum Gasteiger partial charge on any atom is -0.463 e. The topological polar surface area (TPSA) is 89.9 Å². The highest BCUT2D eigenvalue weighted by Gasteiger charge is 2.26. The Balaban J connectivity index is 1.44. The van der Waals surface area contributed by atoms with Gasteiger partial charge in [-0.05, 0) is 48.5 Å². The summed E-state index contributed by atoms with van der Waals surface area (Å²) < 4.78 is 40.2. The normalized spacial score (nSPS) is 15.6. The van der Waals surface area contributed by atoms with Crippen LogP contribution in [0.15, 0.2) is 86.7 Å². The van der Waals surface area contributed by atoms with E-state index in [1.165, 1.54) is 15.6 Å². The van der Waals surface area contributed by atoms with Crippen molar-refractivity contribution in [3.63, 3.8) is 0 Å². The first-order valence-electron chi connectivity index (χ1n) is 11.0. The molecule has 0 atom stereocenters. The second-order valence-electron chi connectivity index (χ2n) is 7.73. The molecule has 0 spiro atoms. The molecule has 0 N–H and O–H groups in total. The van der Waals surface area contributed by atoms with E-state index in [0.717, 1.165) is 28.4 Å². The van der Waals surface area contributed by atoms with Gasteiger partial charge in [-0.25, -0.2) is 13.4 Å². The van der Waals surface area contributed by atoms with Crippen molar-refractivity contribution in [3.05, 3.63) is 82.9 Å². The Hall–Kier alpha value is -3.05. The van der Waals surface area contributed by atoms with Gasteiger partial charge in [0, 0.05) is 43.3 Å². The Kier molecular flexibility index (Phi) is 6.73. The third-order valence-corrected chi connectivity index (χ3v) is 8.33. The Morgan fingerprint density at radius 3 is 2.56 bits per heavy atom. The molecule has 5 rings (SSSR count). The van der Waals surface area contributed by atoms with E-state index < -0.39 is 10.0 Å². The number of nitrogens with zero attached hydrogens (tertiary/aromatic N) is 4. The van der Waals surface area contributed by atoms with Crippen LogP contribution in [0, 0.1) is 0 Å². The van der Waals surface area contributed by atoms with Crippen molar-refractivity contribution in [2.45, 2.75) is 17.9 Å². The van der Waals surface area contributed by atoms with Crippen molar-refractivity contribution in [1.82, 2.24) is 13.9 Å². The second-order valence-corrected chi connectivity index (χ2v) is 10.5. The van der Waals surface area contributed by atoms with Crippen molar-refractivity contribution in [3.8, 4) is 11.5 Å². The molecule has 34 heavy (non-hydrogen) atoms. The number of ether oxygens (including phenoxy) is 1. The number of hydrogen-bond acceptors (Lipinski definition) is 7. The minimum absolute atomic E-state index is 0.263. The Morgan fingerprint density at radius 2 is 1.85 bits per heavy atom. The van der Waals surface area contributed by atoms with Crippen molar-refractivity contribution in [2.75, 3.05) is 26.3 Å². The van der Waals surface area contributed by atoms with Gasteiger partial charge < -0.3 is 13.7 Å². The fraction of sp³-hybridized carbons (Fsp3) is 0.250. The molecule has 1 aliphatic heterocycles. The molecule has 4 aromatic rings. The number of thiazole rings is 1. The quantitative estimate of drug-likeness (QED) is 0.389. The smallest absolute Gasteiger partial charge is 0.243 e. The van der Waals surface area contributed by atoms with E-state index in [9.17, 15) is 8.42 Å². The molecule has 0 bridgehead atoms. The zero-order valence-electron chi connectivity index (χ0n) is 18.4. The maximum absolute atomic E-state index is 12.9. The molecule has 8 nitrogen and oxygen atoms in total. The van der Waals surface area contributed by atoms with Crippen molar-refractivity contribution in [2.24, 2.45) is 4.99 Å².